The summed E-state index contributed by atoms with van der Waals surface area (Å²) in [5.74, 6) is -0.0547. The SMILES string of the molecule is C=CCN1C(=O)N(c2ccccc2)C(=O)[C@H]1CC(=O)Nc1ccc(OCCC)cc1. The van der Waals surface area contributed by atoms with Gasteiger partial charge in [0.2, 0.25) is 5.91 Å². The molecule has 1 aliphatic heterocycles. The molecule has 2 aromatic carbocycles. The number of rotatable bonds is 9. The molecule has 7 heteroatoms. The fourth-order valence-electron chi connectivity index (χ4n) is 3.24. The van der Waals surface area contributed by atoms with E-state index in [9.17, 15) is 14.4 Å². The van der Waals surface area contributed by atoms with Crippen LogP contribution in [0.3, 0.4) is 0 Å². The van der Waals surface area contributed by atoms with Crippen molar-refractivity contribution in [3.63, 3.8) is 0 Å². The van der Waals surface area contributed by atoms with Crippen LogP contribution in [-0.4, -0.2) is 41.9 Å². The maximum absolute atomic E-state index is 13.0. The van der Waals surface area contributed by atoms with Gasteiger partial charge in [0.05, 0.1) is 18.7 Å². The van der Waals surface area contributed by atoms with Gasteiger partial charge in [-0.3, -0.25) is 9.59 Å². The van der Waals surface area contributed by atoms with Crippen LogP contribution >= 0.6 is 0 Å². The fraction of sp³-hybridized carbons (Fsp3) is 0.261. The summed E-state index contributed by atoms with van der Waals surface area (Å²) in [5.41, 5.74) is 1.07. The zero-order chi connectivity index (χ0) is 21.5. The number of nitrogens with zero attached hydrogens (tertiary/aromatic N) is 2. The third kappa shape index (κ3) is 4.68. The highest BCUT2D eigenvalue weighted by molar-refractivity contribution is 6.22. The second kappa shape index (κ2) is 9.73. The molecule has 1 heterocycles. The largest absolute Gasteiger partial charge is 0.494 e. The van der Waals surface area contributed by atoms with Crippen molar-refractivity contribution in [2.24, 2.45) is 0 Å². The van der Waals surface area contributed by atoms with Gasteiger partial charge < -0.3 is 15.0 Å². The zero-order valence-corrected chi connectivity index (χ0v) is 16.9. The van der Waals surface area contributed by atoms with Crippen molar-refractivity contribution in [3.8, 4) is 5.75 Å². The van der Waals surface area contributed by atoms with Gasteiger partial charge >= 0.3 is 6.03 Å². The Morgan fingerprint density at radius 1 is 1.13 bits per heavy atom. The molecule has 0 radical (unpaired) electrons. The lowest BCUT2D eigenvalue weighted by molar-refractivity contribution is -0.124. The van der Waals surface area contributed by atoms with E-state index in [1.807, 2.05) is 6.92 Å². The molecule has 0 aromatic heterocycles. The summed E-state index contributed by atoms with van der Waals surface area (Å²) in [6, 6.07) is 14.4. The number of imide groups is 1. The summed E-state index contributed by atoms with van der Waals surface area (Å²) in [5, 5.41) is 2.78. The summed E-state index contributed by atoms with van der Waals surface area (Å²) in [7, 11) is 0. The lowest BCUT2D eigenvalue weighted by Crippen LogP contribution is -2.38. The molecule has 2 aromatic rings. The van der Waals surface area contributed by atoms with E-state index < -0.39 is 18.0 Å². The van der Waals surface area contributed by atoms with Crippen molar-refractivity contribution in [3.05, 3.63) is 67.3 Å². The van der Waals surface area contributed by atoms with Gasteiger partial charge in [-0.15, -0.1) is 6.58 Å². The van der Waals surface area contributed by atoms with E-state index in [4.69, 9.17) is 4.74 Å². The van der Waals surface area contributed by atoms with Crippen LogP contribution in [0.5, 0.6) is 5.75 Å². The van der Waals surface area contributed by atoms with Crippen LogP contribution in [0.25, 0.3) is 0 Å². The number of para-hydroxylation sites is 1. The monoisotopic (exact) mass is 407 g/mol. The van der Waals surface area contributed by atoms with E-state index in [1.54, 1.807) is 60.7 Å². The van der Waals surface area contributed by atoms with Crippen LogP contribution in [0.4, 0.5) is 16.2 Å². The maximum atomic E-state index is 13.0. The van der Waals surface area contributed by atoms with E-state index in [2.05, 4.69) is 11.9 Å². The molecule has 4 amide bonds. The highest BCUT2D eigenvalue weighted by Gasteiger charge is 2.46. The molecule has 1 N–H and O–H groups in total. The summed E-state index contributed by atoms with van der Waals surface area (Å²) in [6.07, 6.45) is 2.31. The van der Waals surface area contributed by atoms with Crippen molar-refractivity contribution in [1.82, 2.24) is 4.90 Å². The first-order chi connectivity index (χ1) is 14.5. The minimum absolute atomic E-state index is 0.143. The van der Waals surface area contributed by atoms with E-state index in [-0.39, 0.29) is 18.9 Å². The molecule has 7 nitrogen and oxygen atoms in total. The number of anilines is 2. The zero-order valence-electron chi connectivity index (χ0n) is 16.9. The molecule has 30 heavy (non-hydrogen) atoms. The van der Waals surface area contributed by atoms with Crippen molar-refractivity contribution in [2.45, 2.75) is 25.8 Å². The smallest absolute Gasteiger partial charge is 0.332 e. The second-order valence-corrected chi connectivity index (χ2v) is 6.87. The van der Waals surface area contributed by atoms with Gasteiger partial charge in [0.25, 0.3) is 5.91 Å². The van der Waals surface area contributed by atoms with E-state index >= 15 is 0 Å². The quantitative estimate of drug-likeness (QED) is 0.506. The summed E-state index contributed by atoms with van der Waals surface area (Å²) >= 11 is 0. The van der Waals surface area contributed by atoms with Crippen LogP contribution in [0.1, 0.15) is 19.8 Å². The van der Waals surface area contributed by atoms with Crippen LogP contribution in [0.15, 0.2) is 67.3 Å². The molecule has 1 fully saturated rings. The molecule has 0 aliphatic carbocycles. The van der Waals surface area contributed by atoms with Gasteiger partial charge in [0.15, 0.2) is 0 Å². The first-order valence-electron chi connectivity index (χ1n) is 9.88. The van der Waals surface area contributed by atoms with Gasteiger partial charge in [-0.1, -0.05) is 31.2 Å². The minimum atomic E-state index is -0.886. The molecule has 156 valence electrons. The highest BCUT2D eigenvalue weighted by Crippen LogP contribution is 2.27. The second-order valence-electron chi connectivity index (χ2n) is 6.87. The summed E-state index contributed by atoms with van der Waals surface area (Å²) in [4.78, 5) is 40.9. The Labute approximate surface area is 175 Å². The van der Waals surface area contributed by atoms with E-state index in [0.717, 1.165) is 17.1 Å². The third-order valence-electron chi connectivity index (χ3n) is 4.65. The molecule has 0 saturated carbocycles. The van der Waals surface area contributed by atoms with Crippen molar-refractivity contribution in [1.29, 1.82) is 0 Å². The van der Waals surface area contributed by atoms with Crippen LogP contribution in [0.2, 0.25) is 0 Å². The number of nitrogens with one attached hydrogen (secondary N) is 1. The Hall–Kier alpha value is -3.61. The number of amides is 4. The first kappa shape index (κ1) is 21.1. The number of ether oxygens (including phenoxy) is 1. The number of carbonyl (C=O) groups is 3. The highest BCUT2D eigenvalue weighted by atomic mass is 16.5. The molecule has 0 spiro atoms. The van der Waals surface area contributed by atoms with Gasteiger partial charge in [-0.2, -0.15) is 0 Å². The van der Waals surface area contributed by atoms with Crippen molar-refractivity contribution >= 4 is 29.2 Å². The van der Waals surface area contributed by atoms with Crippen molar-refractivity contribution in [2.75, 3.05) is 23.4 Å². The van der Waals surface area contributed by atoms with E-state index in [0.29, 0.717) is 18.0 Å². The Kier molecular flexibility index (Phi) is 6.85. The van der Waals surface area contributed by atoms with Crippen LogP contribution in [-0.2, 0) is 9.59 Å². The standard InChI is InChI=1S/C23H25N3O4/c1-3-14-25-20(22(28)26(23(25)29)18-8-6-5-7-9-18)16-21(27)24-17-10-12-19(13-11-17)30-15-4-2/h3,5-13,20H,1,4,14-16H2,2H3,(H,24,27)/t20-/m1/s1. The van der Waals surface area contributed by atoms with Crippen molar-refractivity contribution < 1.29 is 19.1 Å². The number of hydrogen-bond acceptors (Lipinski definition) is 4. The normalized spacial score (nSPS) is 16.0. The fourth-order valence-corrected chi connectivity index (χ4v) is 3.24. The maximum Gasteiger partial charge on any atom is 0.332 e. The minimum Gasteiger partial charge on any atom is -0.494 e. The van der Waals surface area contributed by atoms with Gasteiger partial charge in [-0.25, -0.2) is 9.69 Å². The summed E-state index contributed by atoms with van der Waals surface area (Å²) in [6.45, 7) is 6.48. The molecule has 1 atom stereocenters. The molecular weight excluding hydrogens is 382 g/mol. The topological polar surface area (TPSA) is 79.0 Å². The average Bonchev–Trinajstić information content (AvgIpc) is 2.98. The number of benzene rings is 2. The average molecular weight is 407 g/mol. The molecular formula is C23H25N3O4. The number of carbonyl (C=O) groups excluding carboxylic acids is 3. The molecule has 0 unspecified atom stereocenters. The van der Waals surface area contributed by atoms with Gasteiger partial charge in [0, 0.05) is 12.2 Å². The van der Waals surface area contributed by atoms with Crippen LogP contribution in [0, 0.1) is 0 Å². The number of urea groups is 1. The molecule has 1 aliphatic rings. The Bertz CT molecular complexity index is 912. The predicted octanol–water partition coefficient (Wildman–Crippen LogP) is 3.83. The molecule has 1 saturated heterocycles. The molecule has 3 rings (SSSR count). The Balaban J connectivity index is 1.70. The van der Waals surface area contributed by atoms with E-state index in [1.165, 1.54) is 4.90 Å². The Morgan fingerprint density at radius 2 is 1.83 bits per heavy atom. The molecule has 0 bridgehead atoms. The van der Waals surface area contributed by atoms with Crippen LogP contribution < -0.4 is 15.0 Å². The number of hydrogen-bond donors (Lipinski definition) is 1. The Morgan fingerprint density at radius 3 is 2.47 bits per heavy atom. The predicted molar refractivity (Wildman–Crippen MR) is 115 cm³/mol. The van der Waals surface area contributed by atoms with Gasteiger partial charge in [0.1, 0.15) is 11.8 Å². The summed E-state index contributed by atoms with van der Waals surface area (Å²) < 4.78 is 5.53. The lowest BCUT2D eigenvalue weighted by Gasteiger charge is -2.19. The first-order valence-corrected chi connectivity index (χ1v) is 9.88. The van der Waals surface area contributed by atoms with Gasteiger partial charge in [-0.05, 0) is 42.8 Å². The lowest BCUT2D eigenvalue weighted by atomic mass is 10.1. The third-order valence-corrected chi connectivity index (χ3v) is 4.65.